The summed E-state index contributed by atoms with van der Waals surface area (Å²) in [6.45, 7) is 2.76. The Morgan fingerprint density at radius 1 is 1.24 bits per heavy atom. The number of benzene rings is 1. The van der Waals surface area contributed by atoms with Crippen molar-refractivity contribution in [3.8, 4) is 5.75 Å². The van der Waals surface area contributed by atoms with Crippen molar-refractivity contribution in [1.82, 2.24) is 14.1 Å². The number of imidazole rings is 1. The van der Waals surface area contributed by atoms with Gasteiger partial charge in [-0.25, -0.2) is 18.1 Å². The first-order chi connectivity index (χ1) is 12.0. The summed E-state index contributed by atoms with van der Waals surface area (Å²) in [4.78, 5) is 4.77. The number of pyridine rings is 1. The molecule has 0 aliphatic rings. The van der Waals surface area contributed by atoms with Crippen molar-refractivity contribution >= 4 is 31.6 Å². The fourth-order valence-electron chi connectivity index (χ4n) is 2.44. The van der Waals surface area contributed by atoms with Gasteiger partial charge in [-0.05, 0) is 43.3 Å². The predicted molar refractivity (Wildman–Crippen MR) is 99.4 cm³/mol. The van der Waals surface area contributed by atoms with Gasteiger partial charge in [-0.2, -0.15) is 0 Å². The van der Waals surface area contributed by atoms with E-state index in [2.05, 4.69) is 25.6 Å². The molecule has 0 unspecified atom stereocenters. The number of hydrogen-bond acceptors (Lipinski definition) is 4. The summed E-state index contributed by atoms with van der Waals surface area (Å²) in [7, 11) is -3.52. The minimum atomic E-state index is -3.52. The maximum Gasteiger partial charge on any atom is 0.240 e. The van der Waals surface area contributed by atoms with Gasteiger partial charge in [0.2, 0.25) is 10.0 Å². The molecule has 3 aromatic rings. The average molecular weight is 424 g/mol. The number of nitrogens with one attached hydrogen (secondary N) is 1. The fraction of sp³-hybridized carbons (Fsp3) is 0.235. The van der Waals surface area contributed by atoms with Gasteiger partial charge < -0.3 is 9.14 Å². The lowest BCUT2D eigenvalue weighted by atomic mass is 10.3. The zero-order valence-electron chi connectivity index (χ0n) is 13.6. The maximum absolute atomic E-state index is 12.3. The lowest BCUT2D eigenvalue weighted by molar-refractivity contribution is 0.342. The largest absolute Gasteiger partial charge is 0.490 e. The number of aromatic nitrogens is 2. The second-order valence-electron chi connectivity index (χ2n) is 5.37. The van der Waals surface area contributed by atoms with Gasteiger partial charge in [-0.1, -0.05) is 15.9 Å². The molecular weight excluding hydrogens is 406 g/mol. The second-order valence-corrected chi connectivity index (χ2v) is 8.05. The third-order valence-corrected chi connectivity index (χ3v) is 5.60. The zero-order chi connectivity index (χ0) is 17.9. The molecule has 2 aromatic heterocycles. The molecule has 8 heteroatoms. The van der Waals surface area contributed by atoms with Crippen LogP contribution in [0.5, 0.6) is 5.75 Å². The van der Waals surface area contributed by atoms with Crippen molar-refractivity contribution in [2.75, 3.05) is 13.2 Å². The Morgan fingerprint density at radius 2 is 2.00 bits per heavy atom. The summed E-state index contributed by atoms with van der Waals surface area (Å²) in [6.07, 6.45) is 4.26. The SMILES string of the molecule is CCOc1cccn2cc(CCNS(=O)(=O)c3ccc(Br)cc3)nc12. The molecule has 0 saturated carbocycles. The van der Waals surface area contributed by atoms with Gasteiger partial charge in [0.05, 0.1) is 17.2 Å². The number of sulfonamides is 1. The molecule has 1 N–H and O–H groups in total. The number of nitrogens with zero attached hydrogens (tertiary/aromatic N) is 2. The molecule has 3 rings (SSSR count). The van der Waals surface area contributed by atoms with Crippen LogP contribution in [0.2, 0.25) is 0 Å². The van der Waals surface area contributed by atoms with Crippen LogP contribution < -0.4 is 9.46 Å². The van der Waals surface area contributed by atoms with Gasteiger partial charge in [0, 0.05) is 29.8 Å². The maximum atomic E-state index is 12.3. The molecule has 0 bridgehead atoms. The molecule has 0 radical (unpaired) electrons. The Hall–Kier alpha value is -1.90. The van der Waals surface area contributed by atoms with Crippen LogP contribution in [0.15, 0.2) is 58.2 Å². The quantitative estimate of drug-likeness (QED) is 0.633. The van der Waals surface area contributed by atoms with Crippen molar-refractivity contribution in [3.63, 3.8) is 0 Å². The molecule has 0 fully saturated rings. The highest BCUT2D eigenvalue weighted by Gasteiger charge is 2.14. The molecule has 132 valence electrons. The van der Waals surface area contributed by atoms with Gasteiger partial charge in [-0.3, -0.25) is 0 Å². The summed E-state index contributed by atoms with van der Waals surface area (Å²) in [5, 5.41) is 0. The smallest absolute Gasteiger partial charge is 0.240 e. The van der Waals surface area contributed by atoms with Crippen LogP contribution in [0.3, 0.4) is 0 Å². The number of ether oxygens (including phenoxy) is 1. The highest BCUT2D eigenvalue weighted by Crippen LogP contribution is 2.19. The van der Waals surface area contributed by atoms with E-state index in [1.165, 1.54) is 0 Å². The fourth-order valence-corrected chi connectivity index (χ4v) is 3.73. The van der Waals surface area contributed by atoms with Gasteiger partial charge in [-0.15, -0.1) is 0 Å². The molecule has 0 spiro atoms. The van der Waals surface area contributed by atoms with Crippen LogP contribution in [0.4, 0.5) is 0 Å². The van der Waals surface area contributed by atoms with Crippen molar-refractivity contribution < 1.29 is 13.2 Å². The highest BCUT2D eigenvalue weighted by molar-refractivity contribution is 9.10. The summed E-state index contributed by atoms with van der Waals surface area (Å²) in [6, 6.07) is 10.3. The minimum absolute atomic E-state index is 0.240. The van der Waals surface area contributed by atoms with E-state index < -0.39 is 10.0 Å². The summed E-state index contributed by atoms with van der Waals surface area (Å²) < 4.78 is 35.4. The standard InChI is InChI=1S/C17H18BrN3O3S/c1-2-24-16-4-3-11-21-12-14(20-17(16)21)9-10-19-25(22,23)15-7-5-13(18)6-8-15/h3-8,11-12,19H,2,9-10H2,1H3. The monoisotopic (exact) mass is 423 g/mol. The Kier molecular flexibility index (Phi) is 5.41. The normalized spacial score (nSPS) is 11.8. The lowest BCUT2D eigenvalue weighted by Crippen LogP contribution is -2.26. The van der Waals surface area contributed by atoms with Crippen LogP contribution in [0.1, 0.15) is 12.6 Å². The Balaban J connectivity index is 1.68. The van der Waals surface area contributed by atoms with E-state index >= 15 is 0 Å². The number of hydrogen-bond donors (Lipinski definition) is 1. The van der Waals surface area contributed by atoms with Crippen molar-refractivity contribution in [2.24, 2.45) is 0 Å². The second kappa shape index (κ2) is 7.55. The molecule has 0 amide bonds. The van der Waals surface area contributed by atoms with Gasteiger partial charge in [0.15, 0.2) is 11.4 Å². The first-order valence-corrected chi connectivity index (χ1v) is 10.1. The van der Waals surface area contributed by atoms with E-state index in [4.69, 9.17) is 4.74 Å². The predicted octanol–water partition coefficient (Wildman–Crippen LogP) is 3.02. The molecule has 2 heterocycles. The van der Waals surface area contributed by atoms with E-state index in [0.717, 1.165) is 15.8 Å². The van der Waals surface area contributed by atoms with Gasteiger partial charge in [0.1, 0.15) is 0 Å². The third kappa shape index (κ3) is 4.20. The van der Waals surface area contributed by atoms with Crippen LogP contribution >= 0.6 is 15.9 Å². The molecule has 0 aliphatic carbocycles. The summed E-state index contributed by atoms with van der Waals surface area (Å²) in [5.41, 5.74) is 1.53. The number of fused-ring (bicyclic) bond motifs is 1. The van der Waals surface area contributed by atoms with Crippen LogP contribution in [-0.2, 0) is 16.4 Å². The molecule has 0 aliphatic heterocycles. The van der Waals surface area contributed by atoms with E-state index in [0.29, 0.717) is 18.8 Å². The number of halogens is 1. The van der Waals surface area contributed by atoms with Crippen LogP contribution in [0.25, 0.3) is 5.65 Å². The van der Waals surface area contributed by atoms with Crippen molar-refractivity contribution in [2.45, 2.75) is 18.2 Å². The average Bonchev–Trinajstić information content (AvgIpc) is 2.99. The molecule has 0 saturated heterocycles. The molecular formula is C17H18BrN3O3S. The van der Waals surface area contributed by atoms with E-state index in [9.17, 15) is 8.42 Å². The zero-order valence-corrected chi connectivity index (χ0v) is 16.0. The lowest BCUT2D eigenvalue weighted by Gasteiger charge is -2.05. The van der Waals surface area contributed by atoms with E-state index in [1.807, 2.05) is 35.9 Å². The van der Waals surface area contributed by atoms with Crippen molar-refractivity contribution in [3.05, 3.63) is 59.0 Å². The van der Waals surface area contributed by atoms with Gasteiger partial charge >= 0.3 is 0 Å². The molecule has 6 nitrogen and oxygen atoms in total. The molecule has 1 aromatic carbocycles. The highest BCUT2D eigenvalue weighted by atomic mass is 79.9. The molecule has 25 heavy (non-hydrogen) atoms. The minimum Gasteiger partial charge on any atom is -0.490 e. The summed E-state index contributed by atoms with van der Waals surface area (Å²) >= 11 is 3.29. The van der Waals surface area contributed by atoms with Crippen molar-refractivity contribution in [1.29, 1.82) is 0 Å². The first kappa shape index (κ1) is 17.9. The van der Waals surface area contributed by atoms with E-state index in [-0.39, 0.29) is 11.4 Å². The topological polar surface area (TPSA) is 72.7 Å². The van der Waals surface area contributed by atoms with Crippen LogP contribution in [0, 0.1) is 0 Å². The summed E-state index contributed by atoms with van der Waals surface area (Å²) in [5.74, 6) is 0.715. The first-order valence-electron chi connectivity index (χ1n) is 7.84. The third-order valence-electron chi connectivity index (χ3n) is 3.59. The Bertz CT molecular complexity index is 968. The van der Waals surface area contributed by atoms with Gasteiger partial charge in [0.25, 0.3) is 0 Å². The Labute approximate surface area is 155 Å². The Morgan fingerprint density at radius 3 is 2.72 bits per heavy atom. The number of rotatable bonds is 7. The van der Waals surface area contributed by atoms with E-state index in [1.54, 1.807) is 24.3 Å². The van der Waals surface area contributed by atoms with Crippen LogP contribution in [-0.4, -0.2) is 31.0 Å². The molecule has 0 atom stereocenters.